The van der Waals surface area contributed by atoms with Gasteiger partial charge in [-0.2, -0.15) is 0 Å². The lowest BCUT2D eigenvalue weighted by Gasteiger charge is -2.33. The molecule has 0 atom stereocenters. The van der Waals surface area contributed by atoms with E-state index in [1.54, 1.807) is 7.11 Å². The molecule has 144 valence electrons. The molecule has 2 N–H and O–H groups in total. The van der Waals surface area contributed by atoms with Gasteiger partial charge in [-0.1, -0.05) is 29.8 Å². The summed E-state index contributed by atoms with van der Waals surface area (Å²) in [6, 6.07) is 6.10. The van der Waals surface area contributed by atoms with Crippen molar-refractivity contribution in [2.45, 2.75) is 39.3 Å². The highest BCUT2D eigenvalue weighted by Crippen LogP contribution is 2.23. The summed E-state index contributed by atoms with van der Waals surface area (Å²) in [5.41, 5.74) is 2.24. The van der Waals surface area contributed by atoms with Gasteiger partial charge in [0, 0.05) is 42.8 Å². The molecule has 26 heavy (non-hydrogen) atoms. The van der Waals surface area contributed by atoms with Gasteiger partial charge in [0.15, 0.2) is 5.96 Å². The Labute approximate surface area is 162 Å². The first-order valence-corrected chi connectivity index (χ1v) is 9.63. The van der Waals surface area contributed by atoms with Crippen LogP contribution in [0.1, 0.15) is 32.3 Å². The molecule has 1 saturated heterocycles. The number of nitrogens with one attached hydrogen (secondary N) is 2. The van der Waals surface area contributed by atoms with Gasteiger partial charge in [-0.05, 0) is 38.8 Å². The van der Waals surface area contributed by atoms with E-state index in [1.807, 2.05) is 18.2 Å². The van der Waals surface area contributed by atoms with E-state index >= 15 is 0 Å². The summed E-state index contributed by atoms with van der Waals surface area (Å²) >= 11 is 6.03. The average Bonchev–Trinajstić information content (AvgIpc) is 2.61. The van der Waals surface area contributed by atoms with Crippen LogP contribution in [-0.2, 0) is 6.54 Å². The smallest absolute Gasteiger partial charge is 0.191 e. The maximum absolute atomic E-state index is 6.03. The van der Waals surface area contributed by atoms with E-state index in [-0.39, 0.29) is 0 Å². The molecule has 1 aromatic carbocycles. The number of hydrogen-bond acceptors (Lipinski definition) is 3. The molecule has 0 bridgehead atoms. The van der Waals surface area contributed by atoms with Gasteiger partial charge in [-0.15, -0.1) is 0 Å². The number of halogens is 1. The quantitative estimate of drug-likeness (QED) is 0.433. The normalized spacial score (nSPS) is 16.4. The van der Waals surface area contributed by atoms with E-state index in [0.29, 0.717) is 17.6 Å². The molecule has 1 aliphatic heterocycles. The molecule has 0 unspecified atom stereocenters. The summed E-state index contributed by atoms with van der Waals surface area (Å²) in [5.74, 6) is 1.62. The molecule has 1 fully saturated rings. The van der Waals surface area contributed by atoms with Crippen LogP contribution in [0.25, 0.3) is 0 Å². The second kappa shape index (κ2) is 10.4. The highest BCUT2D eigenvalue weighted by molar-refractivity contribution is 6.30. The Kier molecular flexibility index (Phi) is 8.26. The Morgan fingerprint density at radius 3 is 2.73 bits per heavy atom. The van der Waals surface area contributed by atoms with Gasteiger partial charge in [0.25, 0.3) is 0 Å². The van der Waals surface area contributed by atoms with Gasteiger partial charge in [0.2, 0.25) is 0 Å². The van der Waals surface area contributed by atoms with Gasteiger partial charge in [-0.25, -0.2) is 4.99 Å². The number of nitrogens with zero attached hydrogens (tertiary/aromatic N) is 2. The zero-order valence-corrected chi connectivity index (χ0v) is 16.9. The second-order valence-electron chi connectivity index (χ2n) is 6.80. The standard InChI is InChI=1S/C20H31ClN4O/c1-5-22-20(23-13-16-6-7-17(21)12-19(16)26-4)24-18-8-10-25(11-9-18)14-15(2)3/h6-7,12,18H,2,5,8-11,13-14H2,1,3-4H3,(H2,22,23,24). The summed E-state index contributed by atoms with van der Waals surface area (Å²) in [6.45, 7) is 12.7. The lowest BCUT2D eigenvalue weighted by molar-refractivity contribution is 0.221. The van der Waals surface area contributed by atoms with Gasteiger partial charge >= 0.3 is 0 Å². The fourth-order valence-corrected chi connectivity index (χ4v) is 3.31. The molecule has 5 nitrogen and oxygen atoms in total. The summed E-state index contributed by atoms with van der Waals surface area (Å²) < 4.78 is 5.40. The van der Waals surface area contributed by atoms with Crippen molar-refractivity contribution >= 4 is 17.6 Å². The number of piperidine rings is 1. The van der Waals surface area contributed by atoms with Crippen LogP contribution in [0, 0.1) is 0 Å². The Morgan fingerprint density at radius 1 is 1.38 bits per heavy atom. The largest absolute Gasteiger partial charge is 0.496 e. The molecule has 1 aliphatic rings. The minimum absolute atomic E-state index is 0.446. The number of benzene rings is 1. The maximum Gasteiger partial charge on any atom is 0.191 e. The van der Waals surface area contributed by atoms with Crippen LogP contribution < -0.4 is 15.4 Å². The number of aliphatic imine (C=N–C) groups is 1. The van der Waals surface area contributed by atoms with Crippen molar-refractivity contribution in [1.29, 1.82) is 0 Å². The Morgan fingerprint density at radius 2 is 2.12 bits per heavy atom. The van der Waals surface area contributed by atoms with E-state index in [4.69, 9.17) is 21.3 Å². The fraction of sp³-hybridized carbons (Fsp3) is 0.550. The zero-order valence-electron chi connectivity index (χ0n) is 16.1. The number of likely N-dealkylation sites (tertiary alicyclic amines) is 1. The molecule has 0 amide bonds. The van der Waals surface area contributed by atoms with E-state index in [9.17, 15) is 0 Å². The Hall–Kier alpha value is -1.72. The molecular weight excluding hydrogens is 348 g/mol. The van der Waals surface area contributed by atoms with Crippen molar-refractivity contribution in [3.63, 3.8) is 0 Å². The van der Waals surface area contributed by atoms with Crippen LogP contribution in [0.5, 0.6) is 5.75 Å². The van der Waals surface area contributed by atoms with Crippen LogP contribution in [0.2, 0.25) is 5.02 Å². The minimum Gasteiger partial charge on any atom is -0.496 e. The zero-order chi connectivity index (χ0) is 18.9. The van der Waals surface area contributed by atoms with Crippen LogP contribution in [-0.4, -0.2) is 50.2 Å². The van der Waals surface area contributed by atoms with Crippen molar-refractivity contribution in [2.75, 3.05) is 33.3 Å². The van der Waals surface area contributed by atoms with Crippen LogP contribution in [0.3, 0.4) is 0 Å². The topological polar surface area (TPSA) is 48.9 Å². The third kappa shape index (κ3) is 6.54. The average molecular weight is 379 g/mol. The van der Waals surface area contributed by atoms with Crippen LogP contribution in [0.15, 0.2) is 35.3 Å². The third-order valence-corrected chi connectivity index (χ3v) is 4.66. The van der Waals surface area contributed by atoms with Gasteiger partial charge in [0.1, 0.15) is 5.75 Å². The minimum atomic E-state index is 0.446. The molecule has 6 heteroatoms. The van der Waals surface area contributed by atoms with E-state index in [0.717, 1.165) is 56.3 Å². The lowest BCUT2D eigenvalue weighted by atomic mass is 10.0. The summed E-state index contributed by atoms with van der Waals surface area (Å²) in [5, 5.41) is 7.58. The predicted molar refractivity (Wildman–Crippen MR) is 110 cm³/mol. The summed E-state index contributed by atoms with van der Waals surface area (Å²) in [7, 11) is 1.65. The second-order valence-corrected chi connectivity index (χ2v) is 7.24. The first kappa shape index (κ1) is 20.6. The van der Waals surface area contributed by atoms with Crippen molar-refractivity contribution in [2.24, 2.45) is 4.99 Å². The van der Waals surface area contributed by atoms with Gasteiger partial charge in [-0.3, -0.25) is 4.90 Å². The lowest BCUT2D eigenvalue weighted by Crippen LogP contribution is -2.48. The first-order valence-electron chi connectivity index (χ1n) is 9.25. The maximum atomic E-state index is 6.03. The molecule has 0 saturated carbocycles. The Balaban J connectivity index is 1.94. The molecule has 0 spiro atoms. The van der Waals surface area contributed by atoms with Crippen molar-refractivity contribution in [3.05, 3.63) is 40.9 Å². The van der Waals surface area contributed by atoms with Crippen molar-refractivity contribution < 1.29 is 4.74 Å². The van der Waals surface area contributed by atoms with E-state index in [2.05, 4.69) is 36.0 Å². The number of guanidine groups is 1. The number of methoxy groups -OCH3 is 1. The van der Waals surface area contributed by atoms with Gasteiger partial charge in [0.05, 0.1) is 13.7 Å². The molecular formula is C20H31ClN4O. The van der Waals surface area contributed by atoms with E-state index < -0.39 is 0 Å². The highest BCUT2D eigenvalue weighted by Gasteiger charge is 2.19. The van der Waals surface area contributed by atoms with Crippen molar-refractivity contribution in [1.82, 2.24) is 15.5 Å². The summed E-state index contributed by atoms with van der Waals surface area (Å²) in [4.78, 5) is 7.19. The van der Waals surface area contributed by atoms with Crippen LogP contribution in [0.4, 0.5) is 0 Å². The Bertz CT molecular complexity index is 624. The van der Waals surface area contributed by atoms with Crippen molar-refractivity contribution in [3.8, 4) is 5.75 Å². The summed E-state index contributed by atoms with van der Waals surface area (Å²) in [6.07, 6.45) is 2.23. The number of hydrogen-bond donors (Lipinski definition) is 2. The molecule has 0 aromatic heterocycles. The molecule has 2 rings (SSSR count). The molecule has 1 aromatic rings. The van der Waals surface area contributed by atoms with Gasteiger partial charge < -0.3 is 15.4 Å². The molecule has 0 aliphatic carbocycles. The molecule has 1 heterocycles. The SMILES string of the molecule is C=C(C)CN1CCC(NC(=NCc2ccc(Cl)cc2OC)NCC)CC1. The number of rotatable bonds is 7. The highest BCUT2D eigenvalue weighted by atomic mass is 35.5. The first-order chi connectivity index (χ1) is 12.5. The fourth-order valence-electron chi connectivity index (χ4n) is 3.14. The van der Waals surface area contributed by atoms with E-state index in [1.165, 1.54) is 5.57 Å². The third-order valence-electron chi connectivity index (χ3n) is 4.42. The predicted octanol–water partition coefficient (Wildman–Crippen LogP) is 3.44. The van der Waals surface area contributed by atoms with Crippen LogP contribution >= 0.6 is 11.6 Å². The monoisotopic (exact) mass is 378 g/mol. The molecule has 0 radical (unpaired) electrons. The number of ether oxygens (including phenoxy) is 1.